The van der Waals surface area contributed by atoms with Crippen LogP contribution in [0.15, 0.2) is 48.9 Å². The van der Waals surface area contributed by atoms with Crippen LogP contribution in [0.1, 0.15) is 24.2 Å². The maximum Gasteiger partial charge on any atom is 0.416 e. The fourth-order valence-electron chi connectivity index (χ4n) is 3.52. The molecule has 0 spiro atoms. The third-order valence-electron chi connectivity index (χ3n) is 5.13. The third-order valence-corrected chi connectivity index (χ3v) is 5.13. The Kier molecular flexibility index (Phi) is 6.03. The molecule has 0 aliphatic carbocycles. The Morgan fingerprint density at radius 2 is 1.80 bits per heavy atom. The Bertz CT molecular complexity index is 1430. The number of nitrogens with one attached hydrogen (secondary N) is 2. The smallest absolute Gasteiger partial charge is 0.389 e. The quantitative estimate of drug-likeness (QED) is 0.300. The first kappa shape index (κ1) is 23.9. The number of nitrogens with zero attached hydrogens (tertiary/aromatic N) is 3. The molecule has 5 N–H and O–H groups in total. The monoisotopic (exact) mass is 492 g/mol. The summed E-state index contributed by atoms with van der Waals surface area (Å²) in [6.45, 7) is 1.51. The summed E-state index contributed by atoms with van der Waals surface area (Å²) in [5, 5.41) is 18.3. The van der Waals surface area contributed by atoms with Gasteiger partial charge in [-0.1, -0.05) is 6.07 Å². The summed E-state index contributed by atoms with van der Waals surface area (Å²) in [6.07, 6.45) is -2.96. The van der Waals surface area contributed by atoms with E-state index in [0.29, 0.717) is 34.8 Å². The van der Waals surface area contributed by atoms with Crippen molar-refractivity contribution in [3.63, 3.8) is 0 Å². The normalized spacial score (nSPS) is 12.5. The van der Waals surface area contributed by atoms with E-state index in [4.69, 9.17) is 5.73 Å². The van der Waals surface area contributed by atoms with E-state index >= 15 is 0 Å². The van der Waals surface area contributed by atoms with Gasteiger partial charge in [0.25, 0.3) is 0 Å². The van der Waals surface area contributed by atoms with Crippen molar-refractivity contribution in [3.05, 3.63) is 71.7 Å². The van der Waals surface area contributed by atoms with Crippen molar-refractivity contribution in [3.8, 4) is 11.1 Å². The van der Waals surface area contributed by atoms with Gasteiger partial charge >= 0.3 is 12.2 Å². The van der Waals surface area contributed by atoms with E-state index in [1.54, 1.807) is 0 Å². The predicted molar refractivity (Wildman–Crippen MR) is 117 cm³/mol. The number of rotatable bonds is 4. The van der Waals surface area contributed by atoms with Gasteiger partial charge in [-0.25, -0.2) is 23.1 Å². The molecule has 4 rings (SSSR count). The summed E-state index contributed by atoms with van der Waals surface area (Å²) in [4.78, 5) is 16.1. The lowest BCUT2D eigenvalue weighted by molar-refractivity contribution is -0.137. The van der Waals surface area contributed by atoms with Gasteiger partial charge in [0, 0.05) is 17.3 Å². The molecular weight excluding hydrogens is 475 g/mol. The fraction of sp³-hybridized carbons (Fsp3) is 0.136. The molecule has 2 aromatic heterocycles. The van der Waals surface area contributed by atoms with Crippen LogP contribution in [-0.2, 0) is 6.18 Å². The number of aliphatic hydroxyl groups is 1. The summed E-state index contributed by atoms with van der Waals surface area (Å²) in [6, 6.07) is 4.04. The van der Waals surface area contributed by atoms with Crippen LogP contribution in [0, 0.1) is 11.6 Å². The summed E-state index contributed by atoms with van der Waals surface area (Å²) in [5.74, 6) is -1.92. The third kappa shape index (κ3) is 4.71. The van der Waals surface area contributed by atoms with Crippen LogP contribution < -0.4 is 16.4 Å². The van der Waals surface area contributed by atoms with Crippen LogP contribution in [0.25, 0.3) is 16.6 Å². The summed E-state index contributed by atoms with van der Waals surface area (Å²) < 4.78 is 68.7. The molecule has 1 atom stereocenters. The average Bonchev–Trinajstić information content (AvgIpc) is 3.17. The molecule has 0 aliphatic rings. The van der Waals surface area contributed by atoms with Crippen molar-refractivity contribution in [2.45, 2.75) is 19.2 Å². The van der Waals surface area contributed by atoms with Gasteiger partial charge in [0.05, 0.1) is 23.0 Å². The number of nitrogen functional groups attached to an aromatic ring is 1. The van der Waals surface area contributed by atoms with Crippen molar-refractivity contribution >= 4 is 28.7 Å². The number of aliphatic hydroxyl groups excluding tert-OH is 1. The second-order valence-corrected chi connectivity index (χ2v) is 7.54. The Labute approximate surface area is 194 Å². The van der Waals surface area contributed by atoms with Crippen LogP contribution in [0.4, 0.5) is 43.9 Å². The number of nitrogens with two attached hydrogens (primary N) is 1. The molecule has 2 aromatic carbocycles. The molecule has 2 amide bonds. The number of hydrogen-bond acceptors (Lipinski definition) is 5. The maximum absolute atomic E-state index is 14.9. The molecule has 35 heavy (non-hydrogen) atoms. The van der Waals surface area contributed by atoms with Crippen LogP contribution in [0.3, 0.4) is 0 Å². The maximum atomic E-state index is 14.9. The predicted octanol–water partition coefficient (Wildman–Crippen LogP) is 4.97. The largest absolute Gasteiger partial charge is 0.416 e. The Hall–Kier alpha value is -4.26. The molecule has 0 saturated heterocycles. The van der Waals surface area contributed by atoms with Gasteiger partial charge in [-0.15, -0.1) is 0 Å². The number of carbonyl (C=O) groups is 1. The van der Waals surface area contributed by atoms with E-state index in [9.17, 15) is 31.9 Å². The zero-order valence-electron chi connectivity index (χ0n) is 17.9. The van der Waals surface area contributed by atoms with Crippen molar-refractivity contribution in [1.82, 2.24) is 14.6 Å². The number of benzene rings is 2. The number of aromatic nitrogens is 3. The molecule has 0 radical (unpaired) electrons. The minimum atomic E-state index is -4.74. The molecule has 13 heteroatoms. The van der Waals surface area contributed by atoms with Gasteiger partial charge in [-0.05, 0) is 42.8 Å². The van der Waals surface area contributed by atoms with Gasteiger partial charge in [0.2, 0.25) is 0 Å². The fourth-order valence-corrected chi connectivity index (χ4v) is 3.52. The van der Waals surface area contributed by atoms with E-state index in [1.165, 1.54) is 36.1 Å². The highest BCUT2D eigenvalue weighted by molar-refractivity contribution is 6.00. The van der Waals surface area contributed by atoms with Gasteiger partial charge in [-0.2, -0.15) is 18.3 Å². The van der Waals surface area contributed by atoms with Crippen LogP contribution in [0.2, 0.25) is 0 Å². The topological polar surface area (TPSA) is 118 Å². The molecular formula is C22H17F5N6O2. The number of alkyl halides is 3. The number of anilines is 3. The standard InChI is InChI=1S/C22H17F5N6O2/c1-10(34)13-8-33-19(20(28)29-9-30-33)18(13)11-2-5-16(15(24)6-11)31-21(35)32-17-7-12(22(25,26)27)3-4-14(17)23/h2-10,34H,1H3,(H2,28,29,30)(H2,31,32,35). The van der Waals surface area contributed by atoms with Gasteiger partial charge in [0.1, 0.15) is 23.5 Å². The zero-order valence-corrected chi connectivity index (χ0v) is 17.9. The van der Waals surface area contributed by atoms with Gasteiger partial charge in [0.15, 0.2) is 5.82 Å². The van der Waals surface area contributed by atoms with Crippen LogP contribution in [0.5, 0.6) is 0 Å². The number of halogens is 5. The Morgan fingerprint density at radius 3 is 2.46 bits per heavy atom. The SMILES string of the molecule is CC(O)c1cn2ncnc(N)c2c1-c1ccc(NC(=O)Nc2cc(C(F)(F)F)ccc2F)c(F)c1. The molecule has 0 aliphatic heterocycles. The number of urea groups is 1. The van der Waals surface area contributed by atoms with Crippen molar-refractivity contribution in [1.29, 1.82) is 0 Å². The second-order valence-electron chi connectivity index (χ2n) is 7.54. The summed E-state index contributed by atoms with van der Waals surface area (Å²) in [7, 11) is 0. The second kappa shape index (κ2) is 8.83. The zero-order chi connectivity index (χ0) is 25.5. The number of carbonyl (C=O) groups excluding carboxylic acids is 1. The summed E-state index contributed by atoms with van der Waals surface area (Å²) in [5.41, 5.74) is 5.12. The minimum absolute atomic E-state index is 0.0898. The lowest BCUT2D eigenvalue weighted by atomic mass is 9.99. The van der Waals surface area contributed by atoms with E-state index in [0.717, 1.165) is 6.07 Å². The molecule has 8 nitrogen and oxygen atoms in total. The number of fused-ring (bicyclic) bond motifs is 1. The van der Waals surface area contributed by atoms with Crippen LogP contribution in [-0.4, -0.2) is 25.7 Å². The molecule has 0 fully saturated rings. The molecule has 2 heterocycles. The first-order valence-electron chi connectivity index (χ1n) is 10.00. The van der Waals surface area contributed by atoms with Gasteiger partial charge < -0.3 is 21.5 Å². The number of hydrogen-bond donors (Lipinski definition) is 4. The molecule has 0 bridgehead atoms. The summed E-state index contributed by atoms with van der Waals surface area (Å²) >= 11 is 0. The minimum Gasteiger partial charge on any atom is -0.389 e. The Balaban J connectivity index is 1.62. The molecule has 0 saturated carbocycles. The first-order chi connectivity index (χ1) is 16.5. The highest BCUT2D eigenvalue weighted by atomic mass is 19.4. The average molecular weight is 492 g/mol. The lowest BCUT2D eigenvalue weighted by Crippen LogP contribution is -2.21. The lowest BCUT2D eigenvalue weighted by Gasteiger charge is -2.13. The Morgan fingerprint density at radius 1 is 1.09 bits per heavy atom. The highest BCUT2D eigenvalue weighted by Gasteiger charge is 2.31. The van der Waals surface area contributed by atoms with Gasteiger partial charge in [-0.3, -0.25) is 0 Å². The van der Waals surface area contributed by atoms with E-state index < -0.39 is 41.2 Å². The van der Waals surface area contributed by atoms with E-state index in [1.807, 2.05) is 5.32 Å². The molecule has 182 valence electrons. The van der Waals surface area contributed by atoms with E-state index in [2.05, 4.69) is 15.4 Å². The first-order valence-corrected chi connectivity index (χ1v) is 10.00. The molecule has 1 unspecified atom stereocenters. The van der Waals surface area contributed by atoms with E-state index in [-0.39, 0.29) is 17.1 Å². The highest BCUT2D eigenvalue weighted by Crippen LogP contribution is 2.37. The van der Waals surface area contributed by atoms with Crippen LogP contribution >= 0.6 is 0 Å². The number of amides is 2. The van der Waals surface area contributed by atoms with Crippen molar-refractivity contribution in [2.24, 2.45) is 0 Å². The van der Waals surface area contributed by atoms with Crippen molar-refractivity contribution in [2.75, 3.05) is 16.4 Å². The van der Waals surface area contributed by atoms with Crippen molar-refractivity contribution < 1.29 is 31.9 Å². The molecule has 4 aromatic rings.